The second kappa shape index (κ2) is 3.76. The van der Waals surface area contributed by atoms with Crippen LogP contribution in [-0.4, -0.2) is 11.8 Å². The summed E-state index contributed by atoms with van der Waals surface area (Å²) in [6.45, 7) is 0.799. The zero-order valence-corrected chi connectivity index (χ0v) is 8.96. The Bertz CT molecular complexity index is 512. The van der Waals surface area contributed by atoms with Gasteiger partial charge in [0.05, 0.1) is 5.57 Å². The topological polar surface area (TPSA) is 46.2 Å². The quantitative estimate of drug-likeness (QED) is 0.798. The van der Waals surface area contributed by atoms with Gasteiger partial charge in [0, 0.05) is 18.6 Å². The Kier molecular flexibility index (Phi) is 2.53. The molecule has 0 fully saturated rings. The van der Waals surface area contributed by atoms with Crippen LogP contribution in [-0.2, 0) is 15.5 Å². The van der Waals surface area contributed by atoms with E-state index in [1.165, 1.54) is 24.3 Å². The lowest BCUT2D eigenvalue weighted by Crippen LogP contribution is -2.21. The smallest absolute Gasteiger partial charge is 0.270 e. The van der Waals surface area contributed by atoms with E-state index in [4.69, 9.17) is 0 Å². The minimum absolute atomic E-state index is 0.133. The van der Waals surface area contributed by atoms with E-state index in [0.29, 0.717) is 5.56 Å². The zero-order valence-electron chi connectivity index (χ0n) is 8.96. The van der Waals surface area contributed by atoms with Crippen molar-refractivity contribution in [2.45, 2.75) is 12.8 Å². The van der Waals surface area contributed by atoms with Gasteiger partial charge in [0.2, 0.25) is 0 Å². The van der Waals surface area contributed by atoms with Crippen molar-refractivity contribution in [1.82, 2.24) is 5.32 Å². The number of benzene rings is 1. The highest BCUT2D eigenvalue weighted by Gasteiger charge is 2.25. The van der Waals surface area contributed by atoms with Crippen LogP contribution in [0.3, 0.4) is 0 Å². The highest BCUT2D eigenvalue weighted by molar-refractivity contribution is 6.33. The lowest BCUT2D eigenvalue weighted by atomic mass is 10.0. The number of carbonyl (C=O) groups is 2. The molecule has 0 spiro atoms. The molecule has 0 saturated heterocycles. The molecule has 88 valence electrons. The van der Waals surface area contributed by atoms with Gasteiger partial charge in [-0.05, 0) is 5.56 Å². The van der Waals surface area contributed by atoms with Gasteiger partial charge in [-0.2, -0.15) is 0 Å². The average Bonchev–Trinajstić information content (AvgIpc) is 2.57. The molecule has 1 N–H and O–H groups in total. The molecule has 0 radical (unpaired) electrons. The van der Waals surface area contributed by atoms with Crippen LogP contribution in [0.5, 0.6) is 0 Å². The van der Waals surface area contributed by atoms with E-state index in [-0.39, 0.29) is 11.1 Å². The maximum Gasteiger partial charge on any atom is 0.270 e. The molecular formula is C12H9F2NO2. The second-order valence-electron chi connectivity index (χ2n) is 3.84. The van der Waals surface area contributed by atoms with Crippen molar-refractivity contribution in [1.29, 1.82) is 0 Å². The van der Waals surface area contributed by atoms with Crippen LogP contribution >= 0.6 is 0 Å². The molecule has 2 amide bonds. The fourth-order valence-electron chi connectivity index (χ4n) is 1.57. The summed E-state index contributed by atoms with van der Waals surface area (Å²) in [5.74, 6) is -3.92. The fourth-order valence-corrected chi connectivity index (χ4v) is 1.57. The van der Waals surface area contributed by atoms with Crippen LogP contribution < -0.4 is 5.32 Å². The highest BCUT2D eigenvalue weighted by Crippen LogP contribution is 2.28. The van der Waals surface area contributed by atoms with Crippen LogP contribution in [0.2, 0.25) is 0 Å². The summed E-state index contributed by atoms with van der Waals surface area (Å²) in [5.41, 5.74) is 0.508. The van der Waals surface area contributed by atoms with Crippen molar-refractivity contribution in [3.05, 3.63) is 41.5 Å². The number of hydrogen-bond donors (Lipinski definition) is 1. The summed E-state index contributed by atoms with van der Waals surface area (Å²) in [4.78, 5) is 22.3. The molecule has 1 heterocycles. The molecule has 0 saturated carbocycles. The monoisotopic (exact) mass is 237 g/mol. The van der Waals surface area contributed by atoms with Crippen molar-refractivity contribution in [3.8, 4) is 0 Å². The van der Waals surface area contributed by atoms with Crippen LogP contribution in [0.15, 0.2) is 30.3 Å². The Labute approximate surface area is 96.1 Å². The molecule has 1 aromatic carbocycles. The summed E-state index contributed by atoms with van der Waals surface area (Å²) < 4.78 is 25.9. The number of imide groups is 1. The molecule has 3 nitrogen and oxygen atoms in total. The van der Waals surface area contributed by atoms with Gasteiger partial charge in [0.15, 0.2) is 0 Å². The predicted octanol–water partition coefficient (Wildman–Crippen LogP) is 1.84. The molecular weight excluding hydrogens is 228 g/mol. The maximum absolute atomic E-state index is 13.0. The third kappa shape index (κ3) is 2.22. The average molecular weight is 237 g/mol. The number of alkyl halides is 2. The van der Waals surface area contributed by atoms with Crippen molar-refractivity contribution in [2.24, 2.45) is 0 Å². The number of carbonyl (C=O) groups excluding carboxylic acids is 2. The van der Waals surface area contributed by atoms with E-state index >= 15 is 0 Å². The third-order valence-corrected chi connectivity index (χ3v) is 2.46. The van der Waals surface area contributed by atoms with Gasteiger partial charge in [-0.3, -0.25) is 14.9 Å². The first kappa shape index (κ1) is 11.4. The van der Waals surface area contributed by atoms with Crippen LogP contribution in [0.1, 0.15) is 18.1 Å². The largest absolute Gasteiger partial charge is 0.289 e. The van der Waals surface area contributed by atoms with Crippen molar-refractivity contribution >= 4 is 17.4 Å². The SMILES string of the molecule is CC(F)(F)c1ccc(C2=CC(=O)NC2=O)cc1. The molecule has 0 atom stereocenters. The van der Waals surface area contributed by atoms with Crippen molar-refractivity contribution < 1.29 is 18.4 Å². The summed E-state index contributed by atoms with van der Waals surface area (Å²) >= 11 is 0. The standard InChI is InChI=1S/C12H9F2NO2/c1-12(13,14)8-4-2-7(3-5-8)9-6-10(16)15-11(9)17/h2-6H,1H3,(H,15,16,17). The van der Waals surface area contributed by atoms with Gasteiger partial charge in [-0.1, -0.05) is 24.3 Å². The Morgan fingerprint density at radius 1 is 1.12 bits per heavy atom. The second-order valence-corrected chi connectivity index (χ2v) is 3.84. The lowest BCUT2D eigenvalue weighted by molar-refractivity contribution is -0.123. The van der Waals surface area contributed by atoms with E-state index in [9.17, 15) is 18.4 Å². The molecule has 2 rings (SSSR count). The van der Waals surface area contributed by atoms with Gasteiger partial charge in [0.1, 0.15) is 0 Å². The first-order valence-electron chi connectivity index (χ1n) is 4.93. The minimum Gasteiger partial charge on any atom is -0.289 e. The van der Waals surface area contributed by atoms with Gasteiger partial charge in [0.25, 0.3) is 17.7 Å². The fraction of sp³-hybridized carbons (Fsp3) is 0.167. The normalized spacial score (nSPS) is 15.8. The van der Waals surface area contributed by atoms with E-state index in [2.05, 4.69) is 5.32 Å². The van der Waals surface area contributed by atoms with Gasteiger partial charge in [-0.25, -0.2) is 8.78 Å². The maximum atomic E-state index is 13.0. The van der Waals surface area contributed by atoms with Crippen molar-refractivity contribution in [3.63, 3.8) is 0 Å². The highest BCUT2D eigenvalue weighted by atomic mass is 19.3. The molecule has 5 heteroatoms. The molecule has 0 unspecified atom stereocenters. The van der Waals surface area contributed by atoms with E-state index in [1.807, 2.05) is 0 Å². The molecule has 17 heavy (non-hydrogen) atoms. The molecule has 1 aromatic rings. The Morgan fingerprint density at radius 2 is 1.71 bits per heavy atom. The summed E-state index contributed by atoms with van der Waals surface area (Å²) in [6, 6.07) is 5.28. The van der Waals surface area contributed by atoms with Gasteiger partial charge >= 0.3 is 0 Å². The van der Waals surface area contributed by atoms with E-state index in [1.54, 1.807) is 0 Å². The Morgan fingerprint density at radius 3 is 2.12 bits per heavy atom. The van der Waals surface area contributed by atoms with Crippen molar-refractivity contribution in [2.75, 3.05) is 0 Å². The number of hydrogen-bond acceptors (Lipinski definition) is 2. The summed E-state index contributed by atoms with van der Waals surface area (Å²) in [7, 11) is 0. The number of rotatable bonds is 2. The molecule has 1 aliphatic heterocycles. The lowest BCUT2D eigenvalue weighted by Gasteiger charge is -2.10. The van der Waals surface area contributed by atoms with E-state index < -0.39 is 17.7 Å². The summed E-state index contributed by atoms with van der Waals surface area (Å²) in [5, 5.41) is 2.09. The van der Waals surface area contributed by atoms with Gasteiger partial charge in [-0.15, -0.1) is 0 Å². The zero-order chi connectivity index (χ0) is 12.6. The first-order valence-corrected chi connectivity index (χ1v) is 4.93. The number of nitrogens with one attached hydrogen (secondary N) is 1. The van der Waals surface area contributed by atoms with Crippen LogP contribution in [0, 0.1) is 0 Å². The predicted molar refractivity (Wildman–Crippen MR) is 57.1 cm³/mol. The van der Waals surface area contributed by atoms with E-state index in [0.717, 1.165) is 13.0 Å². The van der Waals surface area contributed by atoms with Crippen LogP contribution in [0.4, 0.5) is 8.78 Å². The Balaban J connectivity index is 2.34. The first-order chi connectivity index (χ1) is 7.88. The number of amides is 2. The Hall–Kier alpha value is -2.04. The molecule has 1 aliphatic rings. The molecule has 0 bridgehead atoms. The van der Waals surface area contributed by atoms with Crippen LogP contribution in [0.25, 0.3) is 5.57 Å². The molecule has 0 aromatic heterocycles. The number of halogens is 2. The summed E-state index contributed by atoms with van der Waals surface area (Å²) in [6.07, 6.45) is 1.15. The molecule has 0 aliphatic carbocycles. The minimum atomic E-state index is -2.92. The van der Waals surface area contributed by atoms with Gasteiger partial charge < -0.3 is 0 Å². The third-order valence-electron chi connectivity index (χ3n) is 2.46.